The summed E-state index contributed by atoms with van der Waals surface area (Å²) in [6.45, 7) is 0.432. The van der Waals surface area contributed by atoms with Crippen LogP contribution in [0.5, 0.6) is 0 Å². The summed E-state index contributed by atoms with van der Waals surface area (Å²) in [5.41, 5.74) is -1.83. The molecule has 1 aromatic rings. The maximum absolute atomic E-state index is 12.6. The van der Waals surface area contributed by atoms with Crippen LogP contribution in [-0.2, 0) is 6.18 Å². The van der Waals surface area contributed by atoms with Gasteiger partial charge in [0.15, 0.2) is 0 Å². The number of anilines is 1. The number of pyridine rings is 1. The van der Waals surface area contributed by atoms with Crippen molar-refractivity contribution in [1.29, 1.82) is 0 Å². The normalized spacial score (nSPS) is 20.0. The third-order valence-electron chi connectivity index (χ3n) is 3.09. The zero-order valence-corrected chi connectivity index (χ0v) is 10.3. The zero-order chi connectivity index (χ0) is 14.9. The van der Waals surface area contributed by atoms with E-state index in [1.807, 2.05) is 0 Å². The van der Waals surface area contributed by atoms with Gasteiger partial charge in [0.1, 0.15) is 17.6 Å². The number of aliphatic hydroxyl groups excluding tert-OH is 1. The largest absolute Gasteiger partial charge is 0.433 e. The number of rotatable bonds is 2. The van der Waals surface area contributed by atoms with E-state index >= 15 is 0 Å². The monoisotopic (exact) mass is 291 g/mol. The summed E-state index contributed by atoms with van der Waals surface area (Å²) in [6.07, 6.45) is -3.67. The van der Waals surface area contributed by atoms with Gasteiger partial charge >= 0.3 is 11.9 Å². The molecular weight excluding hydrogens is 279 g/mol. The second-order valence-corrected chi connectivity index (χ2v) is 4.56. The van der Waals surface area contributed by atoms with E-state index in [1.165, 1.54) is 4.90 Å². The van der Waals surface area contributed by atoms with Crippen molar-refractivity contribution in [2.75, 3.05) is 18.0 Å². The van der Waals surface area contributed by atoms with Crippen molar-refractivity contribution in [2.24, 2.45) is 0 Å². The van der Waals surface area contributed by atoms with Crippen molar-refractivity contribution < 1.29 is 23.2 Å². The Hall–Kier alpha value is -1.90. The first-order valence-electron chi connectivity index (χ1n) is 5.93. The van der Waals surface area contributed by atoms with Gasteiger partial charge in [-0.2, -0.15) is 13.2 Å². The van der Waals surface area contributed by atoms with Crippen LogP contribution >= 0.6 is 0 Å². The standard InChI is InChI=1S/C11H12F3N3O3/c12-11(13,14)10-4-8(9(5-15-10)17(19)20)16-3-1-2-7(18)6-16/h4-5,7,18H,1-3,6H2/t7-/m0/s1. The van der Waals surface area contributed by atoms with Crippen molar-refractivity contribution in [1.82, 2.24) is 4.98 Å². The van der Waals surface area contributed by atoms with Crippen molar-refractivity contribution in [3.63, 3.8) is 0 Å². The summed E-state index contributed by atoms with van der Waals surface area (Å²) in [4.78, 5) is 14.6. The van der Waals surface area contributed by atoms with E-state index in [2.05, 4.69) is 4.98 Å². The molecule has 0 spiro atoms. The molecule has 1 saturated heterocycles. The first-order chi connectivity index (χ1) is 9.29. The molecule has 1 aliphatic heterocycles. The highest BCUT2D eigenvalue weighted by Crippen LogP contribution is 2.35. The first kappa shape index (κ1) is 14.5. The summed E-state index contributed by atoms with van der Waals surface area (Å²) >= 11 is 0. The summed E-state index contributed by atoms with van der Waals surface area (Å²) in [5.74, 6) is 0. The number of nitrogens with zero attached hydrogens (tertiary/aromatic N) is 3. The molecule has 2 rings (SSSR count). The van der Waals surface area contributed by atoms with Gasteiger partial charge in [-0.3, -0.25) is 10.1 Å². The molecule has 9 heteroatoms. The van der Waals surface area contributed by atoms with E-state index in [0.29, 0.717) is 31.6 Å². The molecule has 1 fully saturated rings. The molecule has 0 unspecified atom stereocenters. The Balaban J connectivity index is 2.44. The first-order valence-corrected chi connectivity index (χ1v) is 5.93. The van der Waals surface area contributed by atoms with Gasteiger partial charge in [-0.1, -0.05) is 0 Å². The molecule has 0 bridgehead atoms. The van der Waals surface area contributed by atoms with E-state index in [-0.39, 0.29) is 12.2 Å². The molecule has 2 heterocycles. The fourth-order valence-electron chi connectivity index (χ4n) is 2.16. The second-order valence-electron chi connectivity index (χ2n) is 4.56. The number of aromatic nitrogens is 1. The third kappa shape index (κ3) is 2.98. The van der Waals surface area contributed by atoms with Crippen molar-refractivity contribution in [2.45, 2.75) is 25.1 Å². The Labute approximate surface area is 112 Å². The lowest BCUT2D eigenvalue weighted by Gasteiger charge is -2.31. The lowest BCUT2D eigenvalue weighted by Crippen LogP contribution is -2.38. The number of nitro groups is 1. The van der Waals surface area contributed by atoms with Gasteiger partial charge in [-0.05, 0) is 18.9 Å². The van der Waals surface area contributed by atoms with Gasteiger partial charge < -0.3 is 10.0 Å². The van der Waals surface area contributed by atoms with Crippen LogP contribution in [0.1, 0.15) is 18.5 Å². The molecule has 0 amide bonds. The summed E-state index contributed by atoms with van der Waals surface area (Å²) in [7, 11) is 0. The lowest BCUT2D eigenvalue weighted by atomic mass is 10.1. The highest BCUT2D eigenvalue weighted by molar-refractivity contribution is 5.63. The molecule has 0 aliphatic carbocycles. The van der Waals surface area contributed by atoms with E-state index in [4.69, 9.17) is 0 Å². The number of halogens is 3. The van der Waals surface area contributed by atoms with Crippen LogP contribution in [0.3, 0.4) is 0 Å². The van der Waals surface area contributed by atoms with Crippen LogP contribution in [0.15, 0.2) is 12.3 Å². The van der Waals surface area contributed by atoms with Crippen molar-refractivity contribution in [3.8, 4) is 0 Å². The second kappa shape index (κ2) is 5.23. The Morgan fingerprint density at radius 2 is 2.20 bits per heavy atom. The van der Waals surface area contributed by atoms with Gasteiger partial charge in [0.25, 0.3) is 0 Å². The van der Waals surface area contributed by atoms with Crippen LogP contribution in [0.25, 0.3) is 0 Å². The summed E-state index contributed by atoms with van der Waals surface area (Å²) in [5, 5.41) is 20.5. The highest BCUT2D eigenvalue weighted by atomic mass is 19.4. The van der Waals surface area contributed by atoms with Crippen LogP contribution in [-0.4, -0.2) is 34.2 Å². The van der Waals surface area contributed by atoms with E-state index in [9.17, 15) is 28.4 Å². The Kier molecular flexibility index (Phi) is 3.80. The maximum Gasteiger partial charge on any atom is 0.433 e. The van der Waals surface area contributed by atoms with Crippen molar-refractivity contribution >= 4 is 11.4 Å². The van der Waals surface area contributed by atoms with Crippen LogP contribution in [0.4, 0.5) is 24.5 Å². The van der Waals surface area contributed by atoms with Crippen LogP contribution in [0, 0.1) is 10.1 Å². The zero-order valence-electron chi connectivity index (χ0n) is 10.3. The smallest absolute Gasteiger partial charge is 0.391 e. The number of hydrogen-bond donors (Lipinski definition) is 1. The summed E-state index contributed by atoms with van der Waals surface area (Å²) in [6, 6.07) is 0.663. The predicted molar refractivity (Wildman–Crippen MR) is 63.3 cm³/mol. The lowest BCUT2D eigenvalue weighted by molar-refractivity contribution is -0.384. The molecule has 20 heavy (non-hydrogen) atoms. The molecule has 0 aromatic carbocycles. The van der Waals surface area contributed by atoms with Gasteiger partial charge in [0.2, 0.25) is 0 Å². The molecule has 1 aliphatic rings. The minimum atomic E-state index is -4.67. The van der Waals surface area contributed by atoms with Crippen molar-refractivity contribution in [3.05, 3.63) is 28.1 Å². The molecule has 1 N–H and O–H groups in total. The molecule has 0 saturated carbocycles. The summed E-state index contributed by atoms with van der Waals surface area (Å²) < 4.78 is 37.9. The average Bonchev–Trinajstić information content (AvgIpc) is 2.37. The van der Waals surface area contributed by atoms with Gasteiger partial charge in [-0.15, -0.1) is 0 Å². The fourth-order valence-corrected chi connectivity index (χ4v) is 2.16. The van der Waals surface area contributed by atoms with Gasteiger partial charge in [-0.25, -0.2) is 4.98 Å². The number of aliphatic hydroxyl groups is 1. The van der Waals surface area contributed by atoms with E-state index in [1.54, 1.807) is 0 Å². The van der Waals surface area contributed by atoms with E-state index in [0.717, 1.165) is 0 Å². The third-order valence-corrected chi connectivity index (χ3v) is 3.09. The molecule has 1 aromatic heterocycles. The fraction of sp³-hybridized carbons (Fsp3) is 0.545. The number of hydrogen-bond acceptors (Lipinski definition) is 5. The molecule has 110 valence electrons. The highest BCUT2D eigenvalue weighted by Gasteiger charge is 2.35. The number of alkyl halides is 3. The minimum Gasteiger partial charge on any atom is -0.391 e. The average molecular weight is 291 g/mol. The van der Waals surface area contributed by atoms with Gasteiger partial charge in [0, 0.05) is 13.1 Å². The molecular formula is C11H12F3N3O3. The van der Waals surface area contributed by atoms with E-state index < -0.39 is 28.6 Å². The topological polar surface area (TPSA) is 79.5 Å². The Bertz CT molecular complexity index is 521. The van der Waals surface area contributed by atoms with Crippen LogP contribution in [0.2, 0.25) is 0 Å². The Morgan fingerprint density at radius 1 is 1.50 bits per heavy atom. The molecule has 0 radical (unpaired) electrons. The molecule has 1 atom stereocenters. The number of piperidine rings is 1. The molecule has 6 nitrogen and oxygen atoms in total. The predicted octanol–water partition coefficient (Wildman–Crippen LogP) is 1.97. The quantitative estimate of drug-likeness (QED) is 0.665. The maximum atomic E-state index is 12.6. The minimum absolute atomic E-state index is 0.0716. The van der Waals surface area contributed by atoms with Gasteiger partial charge in [0.05, 0.1) is 11.0 Å². The number of β-amino-alcohol motifs (C(OH)–C–C–N with tert-alkyl or cyclic N) is 1. The van der Waals surface area contributed by atoms with Crippen LogP contribution < -0.4 is 4.90 Å². The Morgan fingerprint density at radius 3 is 2.75 bits per heavy atom. The SMILES string of the molecule is O=[N+]([O-])c1cnc(C(F)(F)F)cc1N1CCC[C@H](O)C1.